The molecule has 0 saturated carbocycles. The topological polar surface area (TPSA) is 49.3 Å². The van der Waals surface area contributed by atoms with Gasteiger partial charge in [-0.25, -0.2) is 4.39 Å². The molecule has 0 fully saturated rings. The van der Waals surface area contributed by atoms with Crippen LogP contribution in [0.4, 0.5) is 10.1 Å². The third-order valence-electron chi connectivity index (χ3n) is 2.02. The molecule has 0 saturated heterocycles. The van der Waals surface area contributed by atoms with Gasteiger partial charge in [0.15, 0.2) is 0 Å². The minimum Gasteiger partial charge on any atom is -0.396 e. The van der Waals surface area contributed by atoms with Crippen molar-refractivity contribution in [2.24, 2.45) is 0 Å². The number of carbonyl (C=O) groups is 1. The summed E-state index contributed by atoms with van der Waals surface area (Å²) in [5.41, 5.74) is 0.384. The molecule has 0 heterocycles. The van der Waals surface area contributed by atoms with E-state index in [1.807, 2.05) is 0 Å². The Morgan fingerprint density at radius 3 is 2.94 bits per heavy atom. The standard InChI is InChI=1S/C11H13ClFNO2S/c1-7(17-5-4-15)11(16)14-10-3-2-8(13)6-9(10)12/h2-3,6-7,15H,4-5H2,1H3,(H,14,16)/t7-/m0/s1. The van der Waals surface area contributed by atoms with Gasteiger partial charge >= 0.3 is 0 Å². The maximum Gasteiger partial charge on any atom is 0.237 e. The molecule has 3 nitrogen and oxygen atoms in total. The summed E-state index contributed by atoms with van der Waals surface area (Å²) in [4.78, 5) is 11.7. The molecule has 0 radical (unpaired) electrons. The molecule has 6 heteroatoms. The Balaban J connectivity index is 2.61. The number of halogens is 2. The fourth-order valence-corrected chi connectivity index (χ4v) is 2.01. The predicted octanol–water partition coefficient (Wildman–Crippen LogP) is 2.53. The molecule has 94 valence electrons. The van der Waals surface area contributed by atoms with Gasteiger partial charge in [-0.3, -0.25) is 4.79 Å². The van der Waals surface area contributed by atoms with Crippen LogP contribution in [0.15, 0.2) is 18.2 Å². The normalized spacial score (nSPS) is 12.2. The van der Waals surface area contributed by atoms with Crippen molar-refractivity contribution in [3.63, 3.8) is 0 Å². The first-order chi connectivity index (χ1) is 8.04. The first-order valence-corrected chi connectivity index (χ1v) is 6.45. The van der Waals surface area contributed by atoms with E-state index in [0.29, 0.717) is 11.4 Å². The van der Waals surface area contributed by atoms with Crippen LogP contribution in [0.5, 0.6) is 0 Å². The molecule has 0 aliphatic heterocycles. The van der Waals surface area contributed by atoms with Gasteiger partial charge in [0.2, 0.25) is 5.91 Å². The predicted molar refractivity (Wildman–Crippen MR) is 69.0 cm³/mol. The summed E-state index contributed by atoms with van der Waals surface area (Å²) in [5.74, 6) is -0.182. The number of aliphatic hydroxyl groups is 1. The fraction of sp³-hybridized carbons (Fsp3) is 0.364. The van der Waals surface area contributed by atoms with Crippen LogP contribution in [-0.2, 0) is 4.79 Å². The number of rotatable bonds is 5. The quantitative estimate of drug-likeness (QED) is 0.870. The van der Waals surface area contributed by atoms with Gasteiger partial charge in [-0.1, -0.05) is 11.6 Å². The molecule has 2 N–H and O–H groups in total. The number of carbonyl (C=O) groups excluding carboxylic acids is 1. The lowest BCUT2D eigenvalue weighted by atomic mass is 10.3. The number of benzene rings is 1. The van der Waals surface area contributed by atoms with Crippen LogP contribution in [0.1, 0.15) is 6.92 Å². The van der Waals surface area contributed by atoms with E-state index in [0.717, 1.165) is 6.07 Å². The van der Waals surface area contributed by atoms with Crippen LogP contribution in [0.3, 0.4) is 0 Å². The van der Waals surface area contributed by atoms with E-state index in [1.165, 1.54) is 23.9 Å². The van der Waals surface area contributed by atoms with Crippen LogP contribution in [0.2, 0.25) is 5.02 Å². The summed E-state index contributed by atoms with van der Waals surface area (Å²) in [6, 6.07) is 3.79. The molecule has 0 aliphatic carbocycles. The highest BCUT2D eigenvalue weighted by Gasteiger charge is 2.14. The molecule has 17 heavy (non-hydrogen) atoms. The lowest BCUT2D eigenvalue weighted by Crippen LogP contribution is -2.23. The zero-order valence-electron chi connectivity index (χ0n) is 9.24. The summed E-state index contributed by atoms with van der Waals surface area (Å²) in [5, 5.41) is 11.1. The van der Waals surface area contributed by atoms with Crippen LogP contribution >= 0.6 is 23.4 Å². The second-order valence-electron chi connectivity index (χ2n) is 3.35. The van der Waals surface area contributed by atoms with Crippen molar-refractivity contribution in [1.29, 1.82) is 0 Å². The molecule has 0 unspecified atom stereocenters. The maximum atomic E-state index is 12.8. The second kappa shape index (κ2) is 6.83. The molecule has 0 bridgehead atoms. The smallest absolute Gasteiger partial charge is 0.237 e. The van der Waals surface area contributed by atoms with Crippen LogP contribution < -0.4 is 5.32 Å². The van der Waals surface area contributed by atoms with Crippen LogP contribution in [0.25, 0.3) is 0 Å². The van der Waals surface area contributed by atoms with E-state index in [-0.39, 0.29) is 22.8 Å². The molecule has 1 aromatic rings. The lowest BCUT2D eigenvalue weighted by Gasteiger charge is -2.12. The average molecular weight is 278 g/mol. The minimum atomic E-state index is -0.448. The van der Waals surface area contributed by atoms with Gasteiger partial charge in [0.1, 0.15) is 5.82 Å². The van der Waals surface area contributed by atoms with E-state index < -0.39 is 5.82 Å². The number of hydrogen-bond donors (Lipinski definition) is 2. The average Bonchev–Trinajstić information content (AvgIpc) is 2.29. The summed E-state index contributed by atoms with van der Waals surface area (Å²) in [6.07, 6.45) is 0. The first kappa shape index (κ1) is 14.3. The Labute approximate surface area is 108 Å². The Morgan fingerprint density at radius 1 is 1.65 bits per heavy atom. The van der Waals surface area contributed by atoms with Crippen molar-refractivity contribution in [1.82, 2.24) is 0 Å². The molecule has 0 aromatic heterocycles. The third-order valence-corrected chi connectivity index (χ3v) is 3.46. The summed E-state index contributed by atoms with van der Waals surface area (Å²) in [7, 11) is 0. The van der Waals surface area contributed by atoms with Crippen molar-refractivity contribution >= 4 is 35.0 Å². The highest BCUT2D eigenvalue weighted by Crippen LogP contribution is 2.23. The van der Waals surface area contributed by atoms with Crippen LogP contribution in [0, 0.1) is 5.82 Å². The zero-order chi connectivity index (χ0) is 12.8. The van der Waals surface area contributed by atoms with Gasteiger partial charge in [-0.05, 0) is 25.1 Å². The number of aliphatic hydroxyl groups excluding tert-OH is 1. The number of nitrogens with one attached hydrogen (secondary N) is 1. The third kappa shape index (κ3) is 4.53. The molecular weight excluding hydrogens is 265 g/mol. The van der Waals surface area contributed by atoms with Crippen LogP contribution in [-0.4, -0.2) is 28.6 Å². The van der Waals surface area contributed by atoms with Gasteiger partial charge < -0.3 is 10.4 Å². The Morgan fingerprint density at radius 2 is 2.35 bits per heavy atom. The molecular formula is C11H13ClFNO2S. The van der Waals surface area contributed by atoms with Crippen molar-refractivity contribution < 1.29 is 14.3 Å². The molecule has 0 aliphatic rings. The van der Waals surface area contributed by atoms with Crippen molar-refractivity contribution in [3.8, 4) is 0 Å². The molecule has 0 spiro atoms. The van der Waals surface area contributed by atoms with E-state index in [4.69, 9.17) is 16.7 Å². The summed E-state index contributed by atoms with van der Waals surface area (Å²) in [6.45, 7) is 1.76. The number of thioether (sulfide) groups is 1. The minimum absolute atomic E-state index is 0.0274. The number of anilines is 1. The zero-order valence-corrected chi connectivity index (χ0v) is 10.8. The molecule has 1 amide bonds. The van der Waals surface area contributed by atoms with E-state index in [2.05, 4.69) is 5.32 Å². The Hall–Kier alpha value is -0.780. The van der Waals surface area contributed by atoms with Crippen molar-refractivity contribution in [2.45, 2.75) is 12.2 Å². The van der Waals surface area contributed by atoms with Gasteiger partial charge in [0, 0.05) is 5.75 Å². The van der Waals surface area contributed by atoms with Crippen molar-refractivity contribution in [3.05, 3.63) is 29.0 Å². The van der Waals surface area contributed by atoms with Gasteiger partial charge in [-0.2, -0.15) is 0 Å². The van der Waals surface area contributed by atoms with E-state index in [1.54, 1.807) is 6.92 Å². The Kier molecular flexibility index (Phi) is 5.74. The van der Waals surface area contributed by atoms with Gasteiger partial charge in [0.05, 0.1) is 22.6 Å². The lowest BCUT2D eigenvalue weighted by molar-refractivity contribution is -0.115. The monoisotopic (exact) mass is 277 g/mol. The number of hydrogen-bond acceptors (Lipinski definition) is 3. The second-order valence-corrected chi connectivity index (χ2v) is 5.21. The highest BCUT2D eigenvalue weighted by molar-refractivity contribution is 8.00. The maximum absolute atomic E-state index is 12.8. The van der Waals surface area contributed by atoms with Gasteiger partial charge in [0.25, 0.3) is 0 Å². The van der Waals surface area contributed by atoms with E-state index in [9.17, 15) is 9.18 Å². The first-order valence-electron chi connectivity index (χ1n) is 5.03. The Bertz CT molecular complexity index is 403. The largest absolute Gasteiger partial charge is 0.396 e. The fourth-order valence-electron chi connectivity index (χ4n) is 1.13. The SMILES string of the molecule is C[C@H](SCCO)C(=O)Nc1ccc(F)cc1Cl. The molecule has 1 rings (SSSR count). The summed E-state index contributed by atoms with van der Waals surface area (Å²) < 4.78 is 12.8. The highest BCUT2D eigenvalue weighted by atomic mass is 35.5. The van der Waals surface area contributed by atoms with Gasteiger partial charge in [-0.15, -0.1) is 11.8 Å². The molecule has 1 atom stereocenters. The number of amides is 1. The van der Waals surface area contributed by atoms with E-state index >= 15 is 0 Å². The van der Waals surface area contributed by atoms with Crippen molar-refractivity contribution in [2.75, 3.05) is 17.7 Å². The molecule has 1 aromatic carbocycles. The summed E-state index contributed by atoms with van der Waals surface area (Å²) >= 11 is 7.11.